The van der Waals surface area contributed by atoms with Gasteiger partial charge in [0.2, 0.25) is 5.78 Å². The van der Waals surface area contributed by atoms with E-state index in [1.165, 1.54) is 0 Å². The van der Waals surface area contributed by atoms with E-state index in [4.69, 9.17) is 0 Å². The molecule has 1 saturated carbocycles. The Labute approximate surface area is 180 Å². The maximum atomic E-state index is 13.2. The lowest BCUT2D eigenvalue weighted by Gasteiger charge is -2.23. The van der Waals surface area contributed by atoms with Crippen molar-refractivity contribution in [1.29, 1.82) is 0 Å². The number of ether oxygens (including phenoxy) is 1. The summed E-state index contributed by atoms with van der Waals surface area (Å²) in [7, 11) is 0. The minimum absolute atomic E-state index is 0.00322. The topological polar surface area (TPSA) is 80.7 Å². The number of alkyl halides is 1. The zero-order valence-corrected chi connectivity index (χ0v) is 18.7. The molecule has 1 N–H and O–H groups in total. The molecule has 6 heteroatoms. The lowest BCUT2D eigenvalue weighted by molar-refractivity contribution is -0.153. The van der Waals surface area contributed by atoms with Crippen molar-refractivity contribution in [3.8, 4) is 0 Å². The minimum Gasteiger partial charge on any atom is -0.460 e. The Hall–Kier alpha value is -1.56. The molecule has 3 atom stereocenters. The molecule has 0 heterocycles. The van der Waals surface area contributed by atoms with E-state index in [-0.39, 0.29) is 37.1 Å². The number of unbranched alkanes of at least 4 members (excludes halogenated alkanes) is 4. The fourth-order valence-corrected chi connectivity index (χ4v) is 4.05. The van der Waals surface area contributed by atoms with Crippen molar-refractivity contribution in [1.82, 2.24) is 0 Å². The van der Waals surface area contributed by atoms with Gasteiger partial charge in [-0.05, 0) is 44.9 Å². The van der Waals surface area contributed by atoms with E-state index in [2.05, 4.69) is 4.74 Å². The second-order valence-corrected chi connectivity index (χ2v) is 8.47. The van der Waals surface area contributed by atoms with Crippen molar-refractivity contribution in [2.24, 2.45) is 11.8 Å². The van der Waals surface area contributed by atoms with Crippen molar-refractivity contribution in [2.45, 2.75) is 96.5 Å². The van der Waals surface area contributed by atoms with Gasteiger partial charge in [-0.1, -0.05) is 51.2 Å². The van der Waals surface area contributed by atoms with Crippen LogP contribution in [0, 0.1) is 11.8 Å². The fraction of sp³-hybridized carbons (Fsp3) is 0.792. The number of carbonyl (C=O) groups excluding carboxylic acids is 3. The summed E-state index contributed by atoms with van der Waals surface area (Å²) in [5.74, 6) is -0.776. The molecule has 1 unspecified atom stereocenters. The van der Waals surface area contributed by atoms with Gasteiger partial charge in [0.25, 0.3) is 0 Å². The normalized spacial score (nSPS) is 21.1. The van der Waals surface area contributed by atoms with E-state index in [1.807, 2.05) is 19.1 Å². The summed E-state index contributed by atoms with van der Waals surface area (Å²) in [5.41, 5.74) is -1.29. The molecule has 0 aromatic heterocycles. The summed E-state index contributed by atoms with van der Waals surface area (Å²) < 4.78 is 17.9. The molecule has 172 valence electrons. The van der Waals surface area contributed by atoms with Gasteiger partial charge in [-0.3, -0.25) is 9.59 Å². The van der Waals surface area contributed by atoms with Crippen molar-refractivity contribution < 1.29 is 28.6 Å². The summed E-state index contributed by atoms with van der Waals surface area (Å²) in [6.45, 7) is 3.15. The summed E-state index contributed by atoms with van der Waals surface area (Å²) in [5, 5.41) is 10.3. The fourth-order valence-electron chi connectivity index (χ4n) is 4.05. The number of rotatable bonds is 16. The first kappa shape index (κ1) is 26.5. The van der Waals surface area contributed by atoms with Crippen LogP contribution in [0.1, 0.15) is 90.9 Å². The average molecular weight is 427 g/mol. The molecule has 0 aromatic carbocycles. The smallest absolute Gasteiger partial charge is 0.374 e. The highest BCUT2D eigenvalue weighted by molar-refractivity contribution is 6.33. The van der Waals surface area contributed by atoms with Gasteiger partial charge < -0.3 is 9.84 Å². The third-order valence-electron chi connectivity index (χ3n) is 5.95. The van der Waals surface area contributed by atoms with E-state index in [0.717, 1.165) is 44.9 Å². The Morgan fingerprint density at radius 2 is 1.93 bits per heavy atom. The Morgan fingerprint density at radius 3 is 2.60 bits per heavy atom. The number of allylic oxidation sites excluding steroid dienone is 1. The maximum absolute atomic E-state index is 13.2. The van der Waals surface area contributed by atoms with Crippen LogP contribution in [0.3, 0.4) is 0 Å². The Bertz CT molecular complexity index is 574. The first-order valence-corrected chi connectivity index (χ1v) is 11.5. The molecule has 0 saturated heterocycles. The van der Waals surface area contributed by atoms with Gasteiger partial charge in [0.05, 0.1) is 12.2 Å². The SMILES string of the molecule is CCCCC(O)(CF)CC=C[C@H]1CCC(=O)[C@@H]1CCCCCCC(=O)C(=O)OCC. The summed E-state index contributed by atoms with van der Waals surface area (Å²) in [4.78, 5) is 35.1. The van der Waals surface area contributed by atoms with Crippen LogP contribution < -0.4 is 0 Å². The molecule has 0 bridgehead atoms. The number of Topliss-reactive ketones (excluding diaryl/α,β-unsaturated/α-hetero) is 2. The Morgan fingerprint density at radius 1 is 1.20 bits per heavy atom. The number of ketones is 2. The van der Waals surface area contributed by atoms with Crippen LogP contribution in [-0.4, -0.2) is 41.5 Å². The quantitative estimate of drug-likeness (QED) is 0.164. The van der Waals surface area contributed by atoms with Gasteiger partial charge in [-0.25, -0.2) is 9.18 Å². The highest BCUT2D eigenvalue weighted by Crippen LogP contribution is 2.34. The molecule has 30 heavy (non-hydrogen) atoms. The predicted octanol–water partition coefficient (Wildman–Crippen LogP) is 4.89. The average Bonchev–Trinajstić information content (AvgIpc) is 3.08. The van der Waals surface area contributed by atoms with Gasteiger partial charge in [0.1, 0.15) is 12.5 Å². The van der Waals surface area contributed by atoms with Crippen molar-refractivity contribution in [3.63, 3.8) is 0 Å². The largest absolute Gasteiger partial charge is 0.460 e. The van der Waals surface area contributed by atoms with E-state index in [1.54, 1.807) is 6.92 Å². The predicted molar refractivity (Wildman–Crippen MR) is 115 cm³/mol. The zero-order valence-electron chi connectivity index (χ0n) is 18.7. The van der Waals surface area contributed by atoms with Crippen LogP contribution in [0.4, 0.5) is 4.39 Å². The van der Waals surface area contributed by atoms with Crippen LogP contribution in [0.25, 0.3) is 0 Å². The lowest BCUT2D eigenvalue weighted by atomic mass is 9.88. The van der Waals surface area contributed by atoms with Crippen LogP contribution in [0.5, 0.6) is 0 Å². The Balaban J connectivity index is 2.34. The lowest BCUT2D eigenvalue weighted by Crippen LogP contribution is -2.30. The molecule has 0 aliphatic heterocycles. The number of esters is 1. The summed E-state index contributed by atoms with van der Waals surface area (Å²) in [6, 6.07) is 0. The van der Waals surface area contributed by atoms with Crippen molar-refractivity contribution >= 4 is 17.5 Å². The van der Waals surface area contributed by atoms with Gasteiger partial charge in [0, 0.05) is 18.8 Å². The highest BCUT2D eigenvalue weighted by atomic mass is 19.1. The molecule has 1 rings (SSSR count). The third-order valence-corrected chi connectivity index (χ3v) is 5.95. The molecule has 0 spiro atoms. The van der Waals surface area contributed by atoms with Gasteiger partial charge >= 0.3 is 5.97 Å². The molecule has 1 aliphatic carbocycles. The molecule has 0 radical (unpaired) electrons. The summed E-state index contributed by atoms with van der Waals surface area (Å²) >= 11 is 0. The Kier molecular flexibility index (Phi) is 12.7. The van der Waals surface area contributed by atoms with Crippen LogP contribution in [0.15, 0.2) is 12.2 Å². The minimum atomic E-state index is -1.29. The second kappa shape index (κ2) is 14.4. The highest BCUT2D eigenvalue weighted by Gasteiger charge is 2.32. The zero-order chi connectivity index (χ0) is 22.4. The van der Waals surface area contributed by atoms with Crippen molar-refractivity contribution in [2.75, 3.05) is 13.3 Å². The van der Waals surface area contributed by atoms with Gasteiger partial charge in [-0.2, -0.15) is 0 Å². The number of carbonyl (C=O) groups is 3. The summed E-state index contributed by atoms with van der Waals surface area (Å²) in [6.07, 6.45) is 12.0. The van der Waals surface area contributed by atoms with Gasteiger partial charge in [-0.15, -0.1) is 0 Å². The molecule has 1 aliphatic rings. The monoisotopic (exact) mass is 426 g/mol. The molecular weight excluding hydrogens is 387 g/mol. The molecule has 0 aromatic rings. The van der Waals surface area contributed by atoms with Crippen LogP contribution in [0.2, 0.25) is 0 Å². The molecule has 0 amide bonds. The number of aliphatic hydroxyl groups is 1. The van der Waals surface area contributed by atoms with Gasteiger partial charge in [0.15, 0.2) is 0 Å². The number of hydrogen-bond donors (Lipinski definition) is 1. The third kappa shape index (κ3) is 9.50. The van der Waals surface area contributed by atoms with Crippen LogP contribution in [-0.2, 0) is 19.1 Å². The van der Waals surface area contributed by atoms with Crippen molar-refractivity contribution in [3.05, 3.63) is 12.2 Å². The molecule has 5 nitrogen and oxygen atoms in total. The van der Waals surface area contributed by atoms with Crippen LogP contribution >= 0.6 is 0 Å². The number of halogens is 1. The van der Waals surface area contributed by atoms with E-state index in [0.29, 0.717) is 19.3 Å². The first-order chi connectivity index (χ1) is 14.4. The molecular formula is C24H39FO5. The second-order valence-electron chi connectivity index (χ2n) is 8.47. The maximum Gasteiger partial charge on any atom is 0.374 e. The van der Waals surface area contributed by atoms with E-state index >= 15 is 0 Å². The molecule has 1 fully saturated rings. The number of hydrogen-bond acceptors (Lipinski definition) is 5. The standard InChI is InChI=1S/C24H39FO5/c1-3-5-16-24(29,18-25)17-10-11-19-14-15-21(26)20(19)12-8-6-7-9-13-22(27)23(28)30-4-2/h10-11,19-20,29H,3-9,12-18H2,1-2H3/t19-,20+,24?/m0/s1. The first-order valence-electron chi connectivity index (χ1n) is 11.5. The van der Waals surface area contributed by atoms with E-state index in [9.17, 15) is 23.9 Å². The van der Waals surface area contributed by atoms with E-state index < -0.39 is 24.0 Å².